The molecule has 1 aromatic heterocycles. The molecule has 0 saturated heterocycles. The van der Waals surface area contributed by atoms with Crippen molar-refractivity contribution in [3.05, 3.63) is 23.9 Å². The van der Waals surface area contributed by atoms with E-state index in [-0.39, 0.29) is 35.5 Å². The van der Waals surface area contributed by atoms with Crippen LogP contribution in [0.2, 0.25) is 0 Å². The summed E-state index contributed by atoms with van der Waals surface area (Å²) in [6, 6.07) is 3.89. The number of nitrogens with zero attached hydrogens (tertiary/aromatic N) is 2. The lowest BCUT2D eigenvalue weighted by Crippen LogP contribution is -2.45. The van der Waals surface area contributed by atoms with E-state index in [0.29, 0.717) is 25.6 Å². The van der Waals surface area contributed by atoms with E-state index in [1.54, 1.807) is 20.4 Å². The molecule has 0 aliphatic heterocycles. The van der Waals surface area contributed by atoms with Crippen LogP contribution in [0.4, 0.5) is 0 Å². The zero-order chi connectivity index (χ0) is 17.3. The molecular weight excluding hydrogens is 419 g/mol. The standard InChI is InChI=1S/C17H30N4O2.HI/c1-7-23-15-13(9-8-10-19-15)11-20-16(18-5)21-12-14(22-6)17(2,3)4;/h8-10,14H,7,11-12H2,1-6H3,(H2,18,20,21);1H. The molecule has 138 valence electrons. The highest BCUT2D eigenvalue weighted by Gasteiger charge is 2.24. The molecule has 0 radical (unpaired) electrons. The number of ether oxygens (including phenoxy) is 2. The van der Waals surface area contributed by atoms with E-state index in [4.69, 9.17) is 9.47 Å². The highest BCUT2D eigenvalue weighted by atomic mass is 127. The molecule has 1 atom stereocenters. The number of hydrogen-bond donors (Lipinski definition) is 2. The van der Waals surface area contributed by atoms with E-state index in [9.17, 15) is 0 Å². The molecule has 24 heavy (non-hydrogen) atoms. The molecule has 1 rings (SSSR count). The van der Waals surface area contributed by atoms with E-state index < -0.39 is 0 Å². The van der Waals surface area contributed by atoms with Crippen LogP contribution in [0.15, 0.2) is 23.3 Å². The van der Waals surface area contributed by atoms with Crippen LogP contribution in [0.5, 0.6) is 5.88 Å². The van der Waals surface area contributed by atoms with E-state index in [2.05, 4.69) is 41.4 Å². The van der Waals surface area contributed by atoms with Gasteiger partial charge in [0.1, 0.15) is 0 Å². The fourth-order valence-electron chi connectivity index (χ4n) is 2.16. The number of methoxy groups -OCH3 is 1. The molecule has 0 aromatic carbocycles. The van der Waals surface area contributed by atoms with Crippen LogP contribution in [-0.2, 0) is 11.3 Å². The Balaban J connectivity index is 0.00000529. The second-order valence-corrected chi connectivity index (χ2v) is 6.30. The van der Waals surface area contributed by atoms with Gasteiger partial charge in [-0.2, -0.15) is 0 Å². The maximum atomic E-state index is 5.55. The second-order valence-electron chi connectivity index (χ2n) is 6.30. The fourth-order valence-corrected chi connectivity index (χ4v) is 2.16. The van der Waals surface area contributed by atoms with Crippen LogP contribution in [0.1, 0.15) is 33.3 Å². The van der Waals surface area contributed by atoms with Gasteiger partial charge in [-0.15, -0.1) is 24.0 Å². The highest BCUT2D eigenvalue weighted by Crippen LogP contribution is 2.20. The van der Waals surface area contributed by atoms with Crippen molar-refractivity contribution in [2.45, 2.75) is 40.3 Å². The summed E-state index contributed by atoms with van der Waals surface area (Å²) in [5.41, 5.74) is 1.06. The zero-order valence-electron chi connectivity index (χ0n) is 15.5. The maximum Gasteiger partial charge on any atom is 0.218 e. The third-order valence-electron chi connectivity index (χ3n) is 3.51. The molecule has 1 unspecified atom stereocenters. The Hall–Kier alpha value is -1.09. The predicted molar refractivity (Wildman–Crippen MR) is 109 cm³/mol. The molecular formula is C17H31IN4O2. The SMILES string of the molecule is CCOc1ncccc1CNC(=NC)NCC(OC)C(C)(C)C.I. The molecule has 7 heteroatoms. The largest absolute Gasteiger partial charge is 0.478 e. The summed E-state index contributed by atoms with van der Waals surface area (Å²) < 4.78 is 11.1. The molecule has 6 nitrogen and oxygen atoms in total. The lowest BCUT2D eigenvalue weighted by molar-refractivity contribution is 0.0205. The molecule has 0 aliphatic rings. The van der Waals surface area contributed by atoms with Crippen molar-refractivity contribution in [1.29, 1.82) is 0 Å². The Labute approximate surface area is 162 Å². The number of guanidine groups is 1. The third-order valence-corrected chi connectivity index (χ3v) is 3.51. The molecule has 1 aromatic rings. The molecule has 2 N–H and O–H groups in total. The van der Waals surface area contributed by atoms with Crippen LogP contribution >= 0.6 is 24.0 Å². The Morgan fingerprint density at radius 1 is 1.33 bits per heavy atom. The lowest BCUT2D eigenvalue weighted by atomic mass is 9.89. The van der Waals surface area contributed by atoms with E-state index in [1.807, 2.05) is 19.1 Å². The lowest BCUT2D eigenvalue weighted by Gasteiger charge is -2.30. The van der Waals surface area contributed by atoms with E-state index in [1.165, 1.54) is 0 Å². The van der Waals surface area contributed by atoms with E-state index >= 15 is 0 Å². The van der Waals surface area contributed by atoms with Crippen LogP contribution in [-0.4, -0.2) is 44.4 Å². The van der Waals surface area contributed by atoms with Crippen molar-refractivity contribution in [2.24, 2.45) is 10.4 Å². The third kappa shape index (κ3) is 7.65. The van der Waals surface area contributed by atoms with E-state index in [0.717, 1.165) is 11.5 Å². The van der Waals surface area contributed by atoms with Gasteiger partial charge in [-0.3, -0.25) is 4.99 Å². The number of nitrogens with one attached hydrogen (secondary N) is 2. The van der Waals surface area contributed by atoms with Gasteiger partial charge in [0.15, 0.2) is 5.96 Å². The van der Waals surface area contributed by atoms with Crippen LogP contribution < -0.4 is 15.4 Å². The second kappa shape index (κ2) is 11.5. The van der Waals surface area contributed by atoms with Gasteiger partial charge in [-0.25, -0.2) is 4.98 Å². The summed E-state index contributed by atoms with van der Waals surface area (Å²) in [5.74, 6) is 1.38. The number of halogens is 1. The minimum atomic E-state index is 0. The normalized spacial score (nSPS) is 13.0. The van der Waals surface area contributed by atoms with Crippen molar-refractivity contribution in [2.75, 3.05) is 27.3 Å². The van der Waals surface area contributed by atoms with Gasteiger partial charge in [0, 0.05) is 39.0 Å². The average molecular weight is 450 g/mol. The van der Waals surface area contributed by atoms with Crippen molar-refractivity contribution in [1.82, 2.24) is 15.6 Å². The summed E-state index contributed by atoms with van der Waals surface area (Å²) in [5, 5.41) is 6.58. The fraction of sp³-hybridized carbons (Fsp3) is 0.647. The number of aliphatic imine (C=N–C) groups is 1. The summed E-state index contributed by atoms with van der Waals surface area (Å²) in [6.07, 6.45) is 1.83. The first-order valence-corrected chi connectivity index (χ1v) is 7.96. The van der Waals surface area contributed by atoms with Gasteiger partial charge in [0.05, 0.1) is 12.7 Å². The van der Waals surface area contributed by atoms with Crippen LogP contribution in [0, 0.1) is 5.41 Å². The first kappa shape index (κ1) is 22.9. The average Bonchev–Trinajstić information content (AvgIpc) is 2.51. The monoisotopic (exact) mass is 450 g/mol. The van der Waals surface area contributed by atoms with Crippen molar-refractivity contribution < 1.29 is 9.47 Å². The minimum absolute atomic E-state index is 0. The summed E-state index contributed by atoms with van der Waals surface area (Å²) in [6.45, 7) is 10.3. The van der Waals surface area contributed by atoms with Gasteiger partial charge in [-0.1, -0.05) is 26.8 Å². The first-order valence-electron chi connectivity index (χ1n) is 7.96. The number of pyridine rings is 1. The van der Waals surface area contributed by atoms with Crippen molar-refractivity contribution in [3.8, 4) is 5.88 Å². The Bertz CT molecular complexity index is 504. The Morgan fingerprint density at radius 2 is 2.04 bits per heavy atom. The van der Waals surface area contributed by atoms with Gasteiger partial charge >= 0.3 is 0 Å². The maximum absolute atomic E-state index is 5.55. The minimum Gasteiger partial charge on any atom is -0.478 e. The van der Waals surface area contributed by atoms with Gasteiger partial charge in [-0.05, 0) is 18.4 Å². The van der Waals surface area contributed by atoms with Gasteiger partial charge < -0.3 is 20.1 Å². The zero-order valence-corrected chi connectivity index (χ0v) is 17.9. The first-order chi connectivity index (χ1) is 10.9. The number of hydrogen-bond acceptors (Lipinski definition) is 4. The van der Waals surface area contributed by atoms with Crippen LogP contribution in [0.25, 0.3) is 0 Å². The molecule has 0 spiro atoms. The van der Waals surface area contributed by atoms with Crippen molar-refractivity contribution >= 4 is 29.9 Å². The summed E-state index contributed by atoms with van der Waals surface area (Å²) >= 11 is 0. The molecule has 0 fully saturated rings. The topological polar surface area (TPSA) is 67.8 Å². The number of rotatable bonds is 7. The quantitative estimate of drug-likeness (QED) is 0.380. The molecule has 1 heterocycles. The smallest absolute Gasteiger partial charge is 0.218 e. The summed E-state index contributed by atoms with van der Waals surface area (Å²) in [4.78, 5) is 8.49. The van der Waals surface area contributed by atoms with Crippen LogP contribution in [0.3, 0.4) is 0 Å². The number of aromatic nitrogens is 1. The summed E-state index contributed by atoms with van der Waals surface area (Å²) in [7, 11) is 3.48. The predicted octanol–water partition coefficient (Wildman–Crippen LogP) is 2.82. The Kier molecular flexibility index (Phi) is 10.9. The van der Waals surface area contributed by atoms with Gasteiger partial charge in [0.2, 0.25) is 5.88 Å². The molecule has 0 saturated carbocycles. The van der Waals surface area contributed by atoms with Crippen molar-refractivity contribution in [3.63, 3.8) is 0 Å². The molecule has 0 bridgehead atoms. The highest BCUT2D eigenvalue weighted by molar-refractivity contribution is 14.0. The van der Waals surface area contributed by atoms with Gasteiger partial charge in [0.25, 0.3) is 0 Å². The Morgan fingerprint density at radius 3 is 2.58 bits per heavy atom. The molecule has 0 aliphatic carbocycles. The molecule has 0 amide bonds.